The number of piperidine rings is 1. The van der Waals surface area contributed by atoms with E-state index in [1.807, 2.05) is 6.07 Å². The monoisotopic (exact) mass is 288 g/mol. The lowest BCUT2D eigenvalue weighted by Crippen LogP contribution is -2.50. The minimum absolute atomic E-state index is 0.0841. The SMILES string of the molecule is CC1(C)CCCNC1CNc1ccc([N+](=O)[O-])c(C#N)c1. The Kier molecular flexibility index (Phi) is 4.43. The van der Waals surface area contributed by atoms with Crippen molar-refractivity contribution in [3.8, 4) is 6.07 Å². The van der Waals surface area contributed by atoms with Crippen molar-refractivity contribution in [3.63, 3.8) is 0 Å². The first-order valence-electron chi connectivity index (χ1n) is 7.10. The number of anilines is 1. The van der Waals surface area contributed by atoms with Gasteiger partial charge in [0.05, 0.1) is 4.92 Å². The average Bonchev–Trinajstić information content (AvgIpc) is 2.45. The Morgan fingerprint density at radius 2 is 2.33 bits per heavy atom. The summed E-state index contributed by atoms with van der Waals surface area (Å²) in [5.74, 6) is 0. The molecule has 21 heavy (non-hydrogen) atoms. The minimum Gasteiger partial charge on any atom is -0.383 e. The maximum Gasteiger partial charge on any atom is 0.287 e. The largest absolute Gasteiger partial charge is 0.383 e. The number of nitrogens with one attached hydrogen (secondary N) is 2. The highest BCUT2D eigenvalue weighted by Crippen LogP contribution is 2.30. The van der Waals surface area contributed by atoms with Gasteiger partial charge in [-0.25, -0.2) is 0 Å². The van der Waals surface area contributed by atoms with Gasteiger partial charge in [-0.3, -0.25) is 10.1 Å². The van der Waals surface area contributed by atoms with Crippen LogP contribution in [0.15, 0.2) is 18.2 Å². The van der Waals surface area contributed by atoms with Crippen molar-refractivity contribution in [2.24, 2.45) is 5.41 Å². The predicted molar refractivity (Wildman–Crippen MR) is 81.1 cm³/mol. The third kappa shape index (κ3) is 3.50. The summed E-state index contributed by atoms with van der Waals surface area (Å²) in [5, 5.41) is 26.6. The summed E-state index contributed by atoms with van der Waals surface area (Å²) in [6.45, 7) is 6.22. The average molecular weight is 288 g/mol. The van der Waals surface area contributed by atoms with Crippen LogP contribution in [0.3, 0.4) is 0 Å². The third-order valence-corrected chi connectivity index (χ3v) is 4.16. The number of hydrogen-bond donors (Lipinski definition) is 2. The van der Waals surface area contributed by atoms with E-state index in [0.29, 0.717) is 6.04 Å². The van der Waals surface area contributed by atoms with Gasteiger partial charge in [0.2, 0.25) is 0 Å². The lowest BCUT2D eigenvalue weighted by molar-refractivity contribution is -0.385. The molecule has 1 heterocycles. The maximum absolute atomic E-state index is 10.8. The van der Waals surface area contributed by atoms with Crippen molar-refractivity contribution in [3.05, 3.63) is 33.9 Å². The highest BCUT2D eigenvalue weighted by Gasteiger charge is 2.31. The molecule has 1 aromatic carbocycles. The van der Waals surface area contributed by atoms with Gasteiger partial charge in [0.15, 0.2) is 0 Å². The van der Waals surface area contributed by atoms with Crippen LogP contribution in [0, 0.1) is 26.9 Å². The molecule has 1 aromatic rings. The van der Waals surface area contributed by atoms with Crippen LogP contribution in [0.4, 0.5) is 11.4 Å². The fourth-order valence-electron chi connectivity index (χ4n) is 2.73. The first-order chi connectivity index (χ1) is 9.94. The van der Waals surface area contributed by atoms with Gasteiger partial charge >= 0.3 is 0 Å². The van der Waals surface area contributed by atoms with E-state index in [0.717, 1.165) is 18.8 Å². The number of nitriles is 1. The van der Waals surface area contributed by atoms with Gasteiger partial charge < -0.3 is 10.6 Å². The van der Waals surface area contributed by atoms with Crippen LogP contribution in [-0.2, 0) is 0 Å². The molecule has 2 rings (SSSR count). The molecule has 0 radical (unpaired) electrons. The minimum atomic E-state index is -0.534. The van der Waals surface area contributed by atoms with Crippen LogP contribution < -0.4 is 10.6 Å². The fraction of sp³-hybridized carbons (Fsp3) is 0.533. The number of nitro groups is 1. The van der Waals surface area contributed by atoms with E-state index in [-0.39, 0.29) is 16.7 Å². The Morgan fingerprint density at radius 3 is 2.95 bits per heavy atom. The summed E-state index contributed by atoms with van der Waals surface area (Å²) in [6, 6.07) is 6.77. The first-order valence-corrected chi connectivity index (χ1v) is 7.10. The summed E-state index contributed by atoms with van der Waals surface area (Å²) in [7, 11) is 0. The van der Waals surface area contributed by atoms with Crippen molar-refractivity contribution in [2.75, 3.05) is 18.4 Å². The number of benzene rings is 1. The van der Waals surface area contributed by atoms with Gasteiger partial charge in [-0.2, -0.15) is 5.26 Å². The quantitative estimate of drug-likeness (QED) is 0.656. The zero-order chi connectivity index (χ0) is 15.5. The summed E-state index contributed by atoms with van der Waals surface area (Å²) in [4.78, 5) is 10.3. The molecule has 1 saturated heterocycles. The van der Waals surface area contributed by atoms with E-state index < -0.39 is 4.92 Å². The molecule has 6 nitrogen and oxygen atoms in total. The van der Waals surface area contributed by atoms with Crippen molar-refractivity contribution in [2.45, 2.75) is 32.7 Å². The number of nitrogens with zero attached hydrogens (tertiary/aromatic N) is 2. The molecule has 0 saturated carbocycles. The Balaban J connectivity index is 2.07. The smallest absolute Gasteiger partial charge is 0.287 e. The van der Waals surface area contributed by atoms with Crippen LogP contribution in [0.1, 0.15) is 32.3 Å². The van der Waals surface area contributed by atoms with Crippen LogP contribution in [-0.4, -0.2) is 24.1 Å². The van der Waals surface area contributed by atoms with Crippen molar-refractivity contribution >= 4 is 11.4 Å². The van der Waals surface area contributed by atoms with E-state index in [9.17, 15) is 10.1 Å². The molecule has 0 amide bonds. The molecule has 1 aliphatic rings. The normalized spacial score (nSPS) is 20.5. The topological polar surface area (TPSA) is 91.0 Å². The van der Waals surface area contributed by atoms with E-state index >= 15 is 0 Å². The summed E-state index contributed by atoms with van der Waals surface area (Å²) < 4.78 is 0. The third-order valence-electron chi connectivity index (χ3n) is 4.16. The van der Waals surface area contributed by atoms with Gasteiger partial charge in [0.1, 0.15) is 11.6 Å². The lowest BCUT2D eigenvalue weighted by Gasteiger charge is -2.39. The zero-order valence-electron chi connectivity index (χ0n) is 12.3. The second-order valence-corrected chi connectivity index (χ2v) is 6.08. The standard InChI is InChI=1S/C15H20N4O2/c1-15(2)6-3-7-17-14(15)10-18-12-4-5-13(19(20)21)11(8-12)9-16/h4-5,8,14,17-18H,3,6-7,10H2,1-2H3. The second kappa shape index (κ2) is 6.10. The fourth-order valence-corrected chi connectivity index (χ4v) is 2.73. The Morgan fingerprint density at radius 1 is 1.57 bits per heavy atom. The van der Waals surface area contributed by atoms with E-state index in [1.165, 1.54) is 25.0 Å². The molecule has 2 N–H and O–H groups in total. The van der Waals surface area contributed by atoms with Gasteiger partial charge in [-0.15, -0.1) is 0 Å². The van der Waals surface area contributed by atoms with Crippen LogP contribution in [0.25, 0.3) is 0 Å². The molecule has 0 spiro atoms. The van der Waals surface area contributed by atoms with E-state index in [4.69, 9.17) is 5.26 Å². The van der Waals surface area contributed by atoms with Crippen LogP contribution in [0.2, 0.25) is 0 Å². The van der Waals surface area contributed by atoms with Crippen molar-refractivity contribution < 1.29 is 4.92 Å². The second-order valence-electron chi connectivity index (χ2n) is 6.08. The van der Waals surface area contributed by atoms with Gasteiger partial charge in [0, 0.05) is 24.3 Å². The predicted octanol–water partition coefficient (Wildman–Crippen LogP) is 2.66. The molecule has 1 unspecified atom stereocenters. The van der Waals surface area contributed by atoms with E-state index in [2.05, 4.69) is 24.5 Å². The van der Waals surface area contributed by atoms with Gasteiger partial charge in [-0.05, 0) is 36.9 Å². The molecular weight excluding hydrogens is 268 g/mol. The maximum atomic E-state index is 10.8. The van der Waals surface area contributed by atoms with Crippen molar-refractivity contribution in [1.82, 2.24) is 5.32 Å². The highest BCUT2D eigenvalue weighted by atomic mass is 16.6. The Labute approximate surface area is 124 Å². The molecule has 0 bridgehead atoms. The van der Waals surface area contributed by atoms with Crippen LogP contribution in [0.5, 0.6) is 0 Å². The van der Waals surface area contributed by atoms with Gasteiger partial charge in [0.25, 0.3) is 5.69 Å². The highest BCUT2D eigenvalue weighted by molar-refractivity contribution is 5.58. The molecule has 112 valence electrons. The molecule has 0 aromatic heterocycles. The van der Waals surface area contributed by atoms with E-state index in [1.54, 1.807) is 6.07 Å². The number of hydrogen-bond acceptors (Lipinski definition) is 5. The number of rotatable bonds is 4. The van der Waals surface area contributed by atoms with Gasteiger partial charge in [-0.1, -0.05) is 13.8 Å². The number of nitro benzene ring substituents is 1. The molecule has 1 atom stereocenters. The Bertz CT molecular complexity index is 578. The molecule has 6 heteroatoms. The summed E-state index contributed by atoms with van der Waals surface area (Å²) in [5.41, 5.74) is 0.879. The molecule has 1 fully saturated rings. The van der Waals surface area contributed by atoms with Crippen LogP contribution >= 0.6 is 0 Å². The summed E-state index contributed by atoms with van der Waals surface area (Å²) in [6.07, 6.45) is 2.36. The molecule has 1 aliphatic heterocycles. The summed E-state index contributed by atoms with van der Waals surface area (Å²) >= 11 is 0. The zero-order valence-corrected chi connectivity index (χ0v) is 12.3. The molecule has 0 aliphatic carbocycles. The van der Waals surface area contributed by atoms with Crippen molar-refractivity contribution in [1.29, 1.82) is 5.26 Å². The lowest BCUT2D eigenvalue weighted by atomic mass is 9.77. The Hall–Kier alpha value is -2.13. The molecular formula is C15H20N4O2. The first kappa shape index (κ1) is 15.3.